The zero-order valence-electron chi connectivity index (χ0n) is 34.8. The number of benzene rings is 5. The molecule has 63 heavy (non-hydrogen) atoms. The lowest BCUT2D eigenvalue weighted by Crippen LogP contribution is -2.37. The zero-order valence-corrected chi connectivity index (χ0v) is 38.0. The van der Waals surface area contributed by atoms with E-state index >= 15 is 0 Å². The van der Waals surface area contributed by atoms with Crippen molar-refractivity contribution in [1.82, 2.24) is 4.90 Å². The SMILES string of the molecule is CN(CCO)CC[C@H](CSc1ccccc1)Cc1ccc(S(=O)(=O)CC(=O)c2ccc(N3CCC([C@@H](N)c4ccccc4-c4ccc(Cl)cc4)CC3)cc2)cc1S(=O)(=O)C(F)(F)F. The highest BCUT2D eigenvalue weighted by Crippen LogP contribution is 2.38. The molecule has 16 heteroatoms. The fourth-order valence-corrected chi connectivity index (χ4v) is 11.4. The van der Waals surface area contributed by atoms with E-state index in [1.165, 1.54) is 23.9 Å². The van der Waals surface area contributed by atoms with Gasteiger partial charge in [-0.25, -0.2) is 16.8 Å². The summed E-state index contributed by atoms with van der Waals surface area (Å²) in [6.07, 6.45) is 2.00. The monoisotopic (exact) mass is 941 g/mol. The van der Waals surface area contributed by atoms with Crippen molar-refractivity contribution in [3.8, 4) is 11.1 Å². The fourth-order valence-electron chi connectivity index (χ4n) is 7.89. The van der Waals surface area contributed by atoms with Gasteiger partial charge in [-0.2, -0.15) is 13.2 Å². The van der Waals surface area contributed by atoms with Crippen LogP contribution in [0.1, 0.15) is 46.8 Å². The van der Waals surface area contributed by atoms with Crippen LogP contribution in [0, 0.1) is 11.8 Å². The number of rotatable bonds is 19. The number of thioether (sulfide) groups is 1. The van der Waals surface area contributed by atoms with Crippen molar-refractivity contribution in [2.24, 2.45) is 17.6 Å². The maximum atomic E-state index is 14.1. The number of hydrogen-bond acceptors (Lipinski definition) is 10. The number of carbonyl (C=O) groups excluding carboxylic acids is 1. The lowest BCUT2D eigenvalue weighted by atomic mass is 9.83. The number of anilines is 1. The summed E-state index contributed by atoms with van der Waals surface area (Å²) in [5.41, 5.74) is 5.07. The fraction of sp³-hybridized carbons (Fsp3) is 0.340. The highest BCUT2D eigenvalue weighted by atomic mass is 35.5. The van der Waals surface area contributed by atoms with Crippen LogP contribution >= 0.6 is 23.4 Å². The van der Waals surface area contributed by atoms with Gasteiger partial charge in [0.2, 0.25) is 0 Å². The number of carbonyl (C=O) groups is 1. The molecule has 0 spiro atoms. The number of aliphatic hydroxyl groups is 1. The standard InChI is InChI=1S/C47H51ClF3N3O6S3/c1-53(27-28-55)24-21-33(31-61-40-7-3-2-4-8-40)29-37-15-20-41(30-45(37)63(59,60)47(49,50)51)62(57,58)32-44(56)35-13-18-39(19-14-35)54-25-22-36(23-26-54)46(52)43-10-6-5-9-42(43)34-11-16-38(48)17-12-34/h2-20,30,33,36,46,55H,21-29,31-32,52H2,1H3/t33-,46+/m0/s1. The first-order valence-electron chi connectivity index (χ1n) is 20.6. The van der Waals surface area contributed by atoms with Gasteiger partial charge in [0.25, 0.3) is 9.84 Å². The van der Waals surface area contributed by atoms with Crippen molar-refractivity contribution < 1.29 is 39.9 Å². The molecule has 3 N–H and O–H groups in total. The Balaban J connectivity index is 1.14. The summed E-state index contributed by atoms with van der Waals surface area (Å²) in [7, 11) is -8.79. The summed E-state index contributed by atoms with van der Waals surface area (Å²) in [6.45, 7) is 2.18. The number of nitrogens with zero attached hydrogens (tertiary/aromatic N) is 2. The molecule has 1 saturated heterocycles. The topological polar surface area (TPSA) is 138 Å². The van der Waals surface area contributed by atoms with Gasteiger partial charge < -0.3 is 20.6 Å². The van der Waals surface area contributed by atoms with Gasteiger partial charge in [-0.3, -0.25) is 4.79 Å². The van der Waals surface area contributed by atoms with Crippen molar-refractivity contribution in [2.45, 2.75) is 51.9 Å². The van der Waals surface area contributed by atoms with Crippen molar-refractivity contribution >= 4 is 54.5 Å². The maximum Gasteiger partial charge on any atom is 0.501 e. The molecule has 0 unspecified atom stereocenters. The minimum Gasteiger partial charge on any atom is -0.395 e. The van der Waals surface area contributed by atoms with Gasteiger partial charge in [-0.1, -0.05) is 72.3 Å². The summed E-state index contributed by atoms with van der Waals surface area (Å²) >= 11 is 7.59. The van der Waals surface area contributed by atoms with Crippen LogP contribution < -0.4 is 10.6 Å². The van der Waals surface area contributed by atoms with Gasteiger partial charge in [0, 0.05) is 52.6 Å². The van der Waals surface area contributed by atoms with E-state index in [9.17, 15) is 39.9 Å². The Morgan fingerprint density at radius 2 is 1.54 bits per heavy atom. The number of piperidine rings is 1. The van der Waals surface area contributed by atoms with Gasteiger partial charge in [-0.15, -0.1) is 11.8 Å². The van der Waals surface area contributed by atoms with Crippen molar-refractivity contribution in [2.75, 3.05) is 56.2 Å². The average molecular weight is 943 g/mol. The molecular formula is C47H51ClF3N3O6S3. The average Bonchev–Trinajstić information content (AvgIpc) is 3.27. The first kappa shape index (κ1) is 48.2. The van der Waals surface area contributed by atoms with E-state index in [1.807, 2.05) is 71.6 Å². The molecule has 5 aromatic carbocycles. The molecule has 1 heterocycles. The van der Waals surface area contributed by atoms with E-state index in [2.05, 4.69) is 17.0 Å². The van der Waals surface area contributed by atoms with E-state index in [0.717, 1.165) is 52.2 Å². The molecule has 0 radical (unpaired) electrons. The number of aliphatic hydroxyl groups excluding tert-OH is 1. The third-order valence-corrected chi connectivity index (χ3v) is 16.2. The van der Waals surface area contributed by atoms with Crippen LogP contribution in [0.3, 0.4) is 0 Å². The van der Waals surface area contributed by atoms with E-state index in [0.29, 0.717) is 49.4 Å². The minimum absolute atomic E-state index is 0.0859. The molecule has 0 saturated carbocycles. The van der Waals surface area contributed by atoms with Crippen LogP contribution in [-0.2, 0) is 26.1 Å². The molecule has 1 aliphatic heterocycles. The predicted octanol–water partition coefficient (Wildman–Crippen LogP) is 9.14. The van der Waals surface area contributed by atoms with Crippen LogP contribution in [0.4, 0.5) is 18.9 Å². The largest absolute Gasteiger partial charge is 0.501 e. The second-order valence-electron chi connectivity index (χ2n) is 15.9. The number of Topliss-reactive ketones (excluding diaryl/α,β-unsaturated/α-hetero) is 1. The highest BCUT2D eigenvalue weighted by Gasteiger charge is 2.48. The zero-order chi connectivity index (χ0) is 45.4. The van der Waals surface area contributed by atoms with Crippen LogP contribution in [0.25, 0.3) is 11.1 Å². The highest BCUT2D eigenvalue weighted by molar-refractivity contribution is 7.99. The number of ketones is 1. The number of nitrogens with two attached hydrogens (primary N) is 1. The summed E-state index contributed by atoms with van der Waals surface area (Å²) in [4.78, 5) is 16.5. The maximum absolute atomic E-state index is 14.1. The Labute approximate surface area is 377 Å². The number of hydrogen-bond donors (Lipinski definition) is 2. The van der Waals surface area contributed by atoms with Gasteiger partial charge in [-0.05, 0) is 134 Å². The molecule has 1 aliphatic rings. The minimum atomic E-state index is -5.99. The first-order chi connectivity index (χ1) is 30.0. The van der Waals surface area contributed by atoms with E-state index in [-0.39, 0.29) is 42.0 Å². The second kappa shape index (κ2) is 21.2. The molecule has 0 aliphatic carbocycles. The van der Waals surface area contributed by atoms with Gasteiger partial charge in [0.1, 0.15) is 5.75 Å². The molecular weight excluding hydrogens is 891 g/mol. The summed E-state index contributed by atoms with van der Waals surface area (Å²) in [5.74, 6) is -1.54. The molecule has 6 rings (SSSR count). The molecule has 1 fully saturated rings. The molecule has 0 bridgehead atoms. The summed E-state index contributed by atoms with van der Waals surface area (Å²) in [5, 5.41) is 10.0. The third-order valence-electron chi connectivity index (χ3n) is 11.5. The van der Waals surface area contributed by atoms with Crippen molar-refractivity contribution in [3.05, 3.63) is 143 Å². The number of alkyl halides is 3. The third kappa shape index (κ3) is 12.3. The Morgan fingerprint density at radius 3 is 2.19 bits per heavy atom. The lowest BCUT2D eigenvalue weighted by molar-refractivity contribution is -0.0436. The van der Waals surface area contributed by atoms with Crippen LogP contribution in [0.2, 0.25) is 5.02 Å². The van der Waals surface area contributed by atoms with E-state index in [4.69, 9.17) is 17.3 Å². The lowest BCUT2D eigenvalue weighted by Gasteiger charge is -2.36. The van der Waals surface area contributed by atoms with Crippen LogP contribution in [0.5, 0.6) is 0 Å². The summed E-state index contributed by atoms with van der Waals surface area (Å²) < 4.78 is 95.8. The summed E-state index contributed by atoms with van der Waals surface area (Å²) in [6, 6.07) is 34.1. The Kier molecular flexibility index (Phi) is 16.2. The van der Waals surface area contributed by atoms with E-state index < -0.39 is 46.5 Å². The number of likely N-dealkylation sites (N-methyl/N-ethyl adjacent to an activating group) is 1. The molecule has 5 aromatic rings. The molecule has 0 amide bonds. The quantitative estimate of drug-likeness (QED) is 0.0609. The smallest absolute Gasteiger partial charge is 0.395 e. The van der Waals surface area contributed by atoms with Crippen LogP contribution in [-0.4, -0.2) is 89.5 Å². The molecule has 9 nitrogen and oxygen atoms in total. The molecule has 2 atom stereocenters. The normalized spacial score (nSPS) is 15.1. The van der Waals surface area contributed by atoms with Crippen molar-refractivity contribution in [3.63, 3.8) is 0 Å². The number of sulfone groups is 2. The van der Waals surface area contributed by atoms with E-state index in [1.54, 1.807) is 19.2 Å². The Hall–Kier alpha value is -4.22. The van der Waals surface area contributed by atoms with Gasteiger partial charge in [0.15, 0.2) is 15.6 Å². The molecule has 0 aromatic heterocycles. The predicted molar refractivity (Wildman–Crippen MR) is 245 cm³/mol. The molecule has 336 valence electrons. The Bertz CT molecular complexity index is 2540. The van der Waals surface area contributed by atoms with Crippen LogP contribution in [0.15, 0.2) is 136 Å². The first-order valence-corrected chi connectivity index (χ1v) is 25.1. The second-order valence-corrected chi connectivity index (χ2v) is 21.3. The number of halogens is 4. The van der Waals surface area contributed by atoms with Gasteiger partial charge >= 0.3 is 5.51 Å². The van der Waals surface area contributed by atoms with Gasteiger partial charge in [0.05, 0.1) is 16.4 Å². The Morgan fingerprint density at radius 1 is 0.889 bits per heavy atom. The van der Waals surface area contributed by atoms with Crippen molar-refractivity contribution in [1.29, 1.82) is 0 Å².